The average molecular weight is 343 g/mol. The van der Waals surface area contributed by atoms with Gasteiger partial charge in [0.1, 0.15) is 0 Å². The van der Waals surface area contributed by atoms with Gasteiger partial charge in [-0.3, -0.25) is 9.10 Å². The number of hydrogen-bond donors (Lipinski definition) is 0. The third-order valence-corrected chi connectivity index (χ3v) is 6.22. The summed E-state index contributed by atoms with van der Waals surface area (Å²) in [5.74, 6) is -0.00851. The van der Waals surface area contributed by atoms with Gasteiger partial charge in [-0.1, -0.05) is 24.3 Å². The lowest BCUT2D eigenvalue weighted by molar-refractivity contribution is 0.101. The van der Waals surface area contributed by atoms with Crippen molar-refractivity contribution in [3.63, 3.8) is 0 Å². The quantitative estimate of drug-likeness (QED) is 0.799. The van der Waals surface area contributed by atoms with Crippen LogP contribution in [0.25, 0.3) is 0 Å². The second-order valence-corrected chi connectivity index (χ2v) is 8.15. The number of Topliss-reactive ketones (excluding diaryl/α,β-unsaturated/α-hetero) is 1. The van der Waals surface area contributed by atoms with Crippen molar-refractivity contribution in [3.05, 3.63) is 64.7 Å². The van der Waals surface area contributed by atoms with E-state index in [1.165, 1.54) is 11.2 Å². The fourth-order valence-corrected chi connectivity index (χ4v) is 4.87. The van der Waals surface area contributed by atoms with Gasteiger partial charge in [0, 0.05) is 12.1 Å². The van der Waals surface area contributed by atoms with E-state index < -0.39 is 10.0 Å². The molecule has 1 heterocycles. The SMILES string of the molecule is CC(=O)c1ccc2c(c1)CCCN2S(=O)(=O)Cc1ccccc1C. The van der Waals surface area contributed by atoms with Crippen molar-refractivity contribution in [1.29, 1.82) is 0 Å². The van der Waals surface area contributed by atoms with Crippen LogP contribution in [-0.2, 0) is 22.2 Å². The second kappa shape index (κ2) is 6.40. The van der Waals surface area contributed by atoms with Crippen molar-refractivity contribution in [2.75, 3.05) is 10.8 Å². The third kappa shape index (κ3) is 3.22. The Morgan fingerprint density at radius 1 is 1.17 bits per heavy atom. The Kier molecular flexibility index (Phi) is 4.45. The predicted octanol–water partition coefficient (Wildman–Crippen LogP) is 3.48. The summed E-state index contributed by atoms with van der Waals surface area (Å²) >= 11 is 0. The van der Waals surface area contributed by atoms with E-state index in [1.54, 1.807) is 12.1 Å². The van der Waals surface area contributed by atoms with Gasteiger partial charge in [0.2, 0.25) is 10.0 Å². The Morgan fingerprint density at radius 2 is 1.92 bits per heavy atom. The molecule has 0 saturated heterocycles. The van der Waals surface area contributed by atoms with Crippen molar-refractivity contribution in [1.82, 2.24) is 0 Å². The first kappa shape index (κ1) is 16.7. The number of benzene rings is 2. The maximum absolute atomic E-state index is 12.9. The molecule has 2 aromatic carbocycles. The molecule has 5 heteroatoms. The van der Waals surface area contributed by atoms with Crippen LogP contribution in [0, 0.1) is 6.92 Å². The molecule has 0 N–H and O–H groups in total. The Balaban J connectivity index is 1.96. The van der Waals surface area contributed by atoms with Gasteiger partial charge in [-0.25, -0.2) is 8.42 Å². The number of ketones is 1. The number of hydrogen-bond acceptors (Lipinski definition) is 3. The maximum Gasteiger partial charge on any atom is 0.239 e. The van der Waals surface area contributed by atoms with Gasteiger partial charge in [0.15, 0.2) is 5.78 Å². The zero-order valence-corrected chi connectivity index (χ0v) is 14.8. The van der Waals surface area contributed by atoms with Gasteiger partial charge in [-0.15, -0.1) is 0 Å². The van der Waals surface area contributed by atoms with Crippen LogP contribution >= 0.6 is 0 Å². The topological polar surface area (TPSA) is 54.5 Å². The summed E-state index contributed by atoms with van der Waals surface area (Å²) in [7, 11) is -3.46. The third-order valence-electron chi connectivity index (χ3n) is 4.50. The van der Waals surface area contributed by atoms with E-state index in [9.17, 15) is 13.2 Å². The second-order valence-electron chi connectivity index (χ2n) is 6.26. The van der Waals surface area contributed by atoms with Gasteiger partial charge in [0.05, 0.1) is 11.4 Å². The molecule has 0 aliphatic carbocycles. The van der Waals surface area contributed by atoms with Crippen molar-refractivity contribution < 1.29 is 13.2 Å². The number of nitrogens with zero attached hydrogens (tertiary/aromatic N) is 1. The predicted molar refractivity (Wildman–Crippen MR) is 95.9 cm³/mol. The zero-order chi connectivity index (χ0) is 17.3. The van der Waals surface area contributed by atoms with E-state index in [0.717, 1.165) is 29.5 Å². The molecule has 0 bridgehead atoms. The summed E-state index contributed by atoms with van der Waals surface area (Å²) < 4.78 is 27.4. The van der Waals surface area contributed by atoms with E-state index in [2.05, 4.69) is 0 Å². The molecule has 1 aliphatic heterocycles. The minimum Gasteiger partial charge on any atom is -0.295 e. The molecule has 126 valence electrons. The Morgan fingerprint density at radius 3 is 2.62 bits per heavy atom. The number of anilines is 1. The van der Waals surface area contributed by atoms with Crippen LogP contribution in [0.5, 0.6) is 0 Å². The number of rotatable bonds is 4. The highest BCUT2D eigenvalue weighted by molar-refractivity contribution is 7.92. The van der Waals surface area contributed by atoms with E-state index in [4.69, 9.17) is 0 Å². The highest BCUT2D eigenvalue weighted by atomic mass is 32.2. The standard InChI is InChI=1S/C19H21NO3S/c1-14-6-3-4-7-18(14)13-24(22,23)20-11-5-8-17-12-16(15(2)21)9-10-19(17)20/h3-4,6-7,9-10,12H,5,8,11,13H2,1-2H3. The van der Waals surface area contributed by atoms with Gasteiger partial charge in [-0.05, 0) is 61.6 Å². The van der Waals surface area contributed by atoms with Crippen LogP contribution in [0.15, 0.2) is 42.5 Å². The summed E-state index contributed by atoms with van der Waals surface area (Å²) in [6.45, 7) is 3.94. The number of sulfonamides is 1. The summed E-state index contributed by atoms with van der Waals surface area (Å²) in [6, 6.07) is 12.9. The first-order valence-corrected chi connectivity index (χ1v) is 9.68. The van der Waals surface area contributed by atoms with Gasteiger partial charge >= 0.3 is 0 Å². The van der Waals surface area contributed by atoms with Crippen LogP contribution in [0.3, 0.4) is 0 Å². The van der Waals surface area contributed by atoms with E-state index in [1.807, 2.05) is 37.3 Å². The van der Waals surface area contributed by atoms with E-state index in [0.29, 0.717) is 17.8 Å². The molecule has 0 fully saturated rings. The first-order chi connectivity index (χ1) is 11.4. The molecule has 3 rings (SSSR count). The summed E-state index contributed by atoms with van der Waals surface area (Å²) in [4.78, 5) is 11.6. The fraction of sp³-hybridized carbons (Fsp3) is 0.316. The minimum atomic E-state index is -3.46. The average Bonchev–Trinajstić information content (AvgIpc) is 2.55. The van der Waals surface area contributed by atoms with Crippen LogP contribution < -0.4 is 4.31 Å². The summed E-state index contributed by atoms with van der Waals surface area (Å²) in [5, 5.41) is 0. The van der Waals surface area contributed by atoms with E-state index in [-0.39, 0.29) is 11.5 Å². The van der Waals surface area contributed by atoms with Crippen LogP contribution in [0.2, 0.25) is 0 Å². The number of fused-ring (bicyclic) bond motifs is 1. The number of carbonyl (C=O) groups is 1. The Labute approximate surface area is 143 Å². The molecule has 0 atom stereocenters. The monoisotopic (exact) mass is 343 g/mol. The lowest BCUT2D eigenvalue weighted by Crippen LogP contribution is -2.36. The Hall–Kier alpha value is -2.14. The van der Waals surface area contributed by atoms with Crippen LogP contribution in [0.1, 0.15) is 40.4 Å². The molecule has 0 unspecified atom stereocenters. The summed E-state index contributed by atoms with van der Waals surface area (Å²) in [5.41, 5.74) is 4.07. The fourth-order valence-electron chi connectivity index (χ4n) is 3.12. The molecule has 1 aliphatic rings. The molecule has 4 nitrogen and oxygen atoms in total. The molecular weight excluding hydrogens is 322 g/mol. The highest BCUT2D eigenvalue weighted by Gasteiger charge is 2.28. The molecule has 2 aromatic rings. The van der Waals surface area contributed by atoms with Crippen LogP contribution in [0.4, 0.5) is 5.69 Å². The number of aryl methyl sites for hydroxylation is 2. The lowest BCUT2D eigenvalue weighted by Gasteiger charge is -2.31. The molecular formula is C19H21NO3S. The molecule has 0 spiro atoms. The highest BCUT2D eigenvalue weighted by Crippen LogP contribution is 2.31. The van der Waals surface area contributed by atoms with Crippen molar-refractivity contribution in [3.8, 4) is 0 Å². The molecule has 0 aromatic heterocycles. The maximum atomic E-state index is 12.9. The van der Waals surface area contributed by atoms with Crippen LogP contribution in [-0.4, -0.2) is 20.7 Å². The molecule has 0 radical (unpaired) electrons. The zero-order valence-electron chi connectivity index (χ0n) is 14.0. The Bertz CT molecular complexity index is 887. The van der Waals surface area contributed by atoms with E-state index >= 15 is 0 Å². The summed E-state index contributed by atoms with van der Waals surface area (Å²) in [6.07, 6.45) is 1.56. The van der Waals surface area contributed by atoms with Gasteiger partial charge < -0.3 is 0 Å². The van der Waals surface area contributed by atoms with Gasteiger partial charge in [-0.2, -0.15) is 0 Å². The van der Waals surface area contributed by atoms with Crippen molar-refractivity contribution in [2.45, 2.75) is 32.4 Å². The molecule has 0 saturated carbocycles. The lowest BCUT2D eigenvalue weighted by atomic mass is 9.99. The minimum absolute atomic E-state index is 0.00214. The molecule has 24 heavy (non-hydrogen) atoms. The molecule has 0 amide bonds. The van der Waals surface area contributed by atoms with Gasteiger partial charge in [0.25, 0.3) is 0 Å². The first-order valence-electron chi connectivity index (χ1n) is 8.07. The largest absolute Gasteiger partial charge is 0.295 e. The van der Waals surface area contributed by atoms with Crippen molar-refractivity contribution >= 4 is 21.5 Å². The van der Waals surface area contributed by atoms with Crippen molar-refractivity contribution in [2.24, 2.45) is 0 Å². The normalized spacial score (nSPS) is 14.3. The number of carbonyl (C=O) groups excluding carboxylic acids is 1. The smallest absolute Gasteiger partial charge is 0.239 e.